The van der Waals surface area contributed by atoms with Crippen LogP contribution >= 0.6 is 12.2 Å². The Hall–Kier alpha value is -1.66. The van der Waals surface area contributed by atoms with Crippen LogP contribution < -0.4 is 0 Å². The largest absolute Gasteiger partial charge is 0.264 e. The smallest absolute Gasteiger partial charge is 0.117 e. The van der Waals surface area contributed by atoms with Gasteiger partial charge in [-0.2, -0.15) is 4.36 Å². The highest BCUT2D eigenvalue weighted by molar-refractivity contribution is 7.94. The van der Waals surface area contributed by atoms with E-state index in [9.17, 15) is 4.21 Å². The van der Waals surface area contributed by atoms with Crippen LogP contribution in [0.5, 0.6) is 0 Å². The molecule has 0 bridgehead atoms. The number of hydrogen-bond donors (Lipinski definition) is 0. The topological polar surface area (TPSA) is 55.2 Å². The highest BCUT2D eigenvalue weighted by Crippen LogP contribution is 2.22. The predicted molar refractivity (Wildman–Crippen MR) is 94.4 cm³/mol. The third kappa shape index (κ3) is 4.42. The predicted octanol–water partition coefficient (Wildman–Crippen LogP) is 3.51. The zero-order chi connectivity index (χ0) is 16.2. The number of nitrogens with zero attached hydrogens (tertiary/aromatic N) is 3. The first-order valence-corrected chi connectivity index (χ1v) is 9.33. The van der Waals surface area contributed by atoms with Crippen LogP contribution in [0.2, 0.25) is 0 Å². The Bertz CT molecular complexity index is 764. The van der Waals surface area contributed by atoms with Gasteiger partial charge in [0, 0.05) is 37.0 Å². The van der Waals surface area contributed by atoms with Gasteiger partial charge in [0.15, 0.2) is 0 Å². The van der Waals surface area contributed by atoms with Gasteiger partial charge >= 0.3 is 0 Å². The first-order valence-electron chi connectivity index (χ1n) is 6.94. The minimum absolute atomic E-state index is 0.229. The van der Waals surface area contributed by atoms with Crippen molar-refractivity contribution in [3.63, 3.8) is 0 Å². The maximum absolute atomic E-state index is 12.9. The third-order valence-corrected chi connectivity index (χ3v) is 5.94. The van der Waals surface area contributed by atoms with Crippen LogP contribution in [0.25, 0.3) is 0 Å². The van der Waals surface area contributed by atoms with Gasteiger partial charge in [-0.3, -0.25) is 9.97 Å². The second kappa shape index (κ2) is 7.07. The molecule has 0 N–H and O–H groups in total. The number of aromatic nitrogens is 2. The van der Waals surface area contributed by atoms with Crippen LogP contribution in [0.3, 0.4) is 0 Å². The summed E-state index contributed by atoms with van der Waals surface area (Å²) in [5, 5.41) is -0.229. The minimum Gasteiger partial charge on any atom is -0.264 e. The Morgan fingerprint density at radius 3 is 2.73 bits per heavy atom. The maximum atomic E-state index is 12.9. The maximum Gasteiger partial charge on any atom is 0.117 e. The van der Waals surface area contributed by atoms with Crippen molar-refractivity contribution in [1.82, 2.24) is 9.97 Å². The summed E-state index contributed by atoms with van der Waals surface area (Å²) in [6, 6.07) is 7.63. The molecule has 0 fully saturated rings. The average molecular weight is 333 g/mol. The number of thiocarbonyl (C=S) groups is 1. The number of hydrogen-bond acceptors (Lipinski definition) is 4. The molecule has 6 heteroatoms. The van der Waals surface area contributed by atoms with Gasteiger partial charge < -0.3 is 0 Å². The second-order valence-electron chi connectivity index (χ2n) is 5.26. The lowest BCUT2D eigenvalue weighted by molar-refractivity contribution is 0.673. The first-order chi connectivity index (χ1) is 10.4. The molecule has 0 aliphatic carbocycles. The fourth-order valence-electron chi connectivity index (χ4n) is 1.96. The Morgan fingerprint density at radius 1 is 1.36 bits per heavy atom. The van der Waals surface area contributed by atoms with Gasteiger partial charge in [0.05, 0.1) is 15.0 Å². The van der Waals surface area contributed by atoms with Crippen molar-refractivity contribution < 1.29 is 4.21 Å². The van der Waals surface area contributed by atoms with E-state index in [0.29, 0.717) is 11.4 Å². The molecule has 2 atom stereocenters. The molecular formula is C16H19N3OS2. The molecule has 2 rings (SSSR count). The molecule has 0 amide bonds. The van der Waals surface area contributed by atoms with Gasteiger partial charge in [0.1, 0.15) is 4.99 Å². The molecule has 2 aromatic heterocycles. The molecule has 0 aliphatic rings. The van der Waals surface area contributed by atoms with Crippen LogP contribution in [-0.4, -0.2) is 25.4 Å². The second-order valence-corrected chi connectivity index (χ2v) is 8.34. The van der Waals surface area contributed by atoms with Crippen molar-refractivity contribution in [3.8, 4) is 0 Å². The van der Waals surface area contributed by atoms with Gasteiger partial charge in [0.2, 0.25) is 0 Å². The summed E-state index contributed by atoms with van der Waals surface area (Å²) in [7, 11) is -2.47. The number of rotatable bonds is 4. The van der Waals surface area contributed by atoms with Gasteiger partial charge in [-0.25, -0.2) is 4.21 Å². The summed E-state index contributed by atoms with van der Waals surface area (Å²) < 4.78 is 17.2. The number of pyridine rings is 2. The van der Waals surface area contributed by atoms with Crippen LogP contribution in [-0.2, 0) is 16.1 Å². The SMILES string of the molecule is Cc1ccc(C(C)S(C)(=O)=NC(=S)Cc2cccnc2)cn1. The van der Waals surface area contributed by atoms with E-state index < -0.39 is 9.73 Å². The molecule has 0 spiro atoms. The fraction of sp³-hybridized carbons (Fsp3) is 0.312. The van der Waals surface area contributed by atoms with Crippen LogP contribution in [0.1, 0.15) is 29.0 Å². The minimum atomic E-state index is -2.47. The molecule has 2 unspecified atom stereocenters. The van der Waals surface area contributed by atoms with Crippen molar-refractivity contribution in [2.75, 3.05) is 6.26 Å². The summed E-state index contributed by atoms with van der Waals surface area (Å²) in [6.07, 6.45) is 7.33. The van der Waals surface area contributed by atoms with Gasteiger partial charge in [-0.1, -0.05) is 24.4 Å². The molecular weight excluding hydrogens is 314 g/mol. The summed E-state index contributed by atoms with van der Waals surface area (Å²) in [6.45, 7) is 3.82. The molecule has 2 heterocycles. The monoisotopic (exact) mass is 333 g/mol. The van der Waals surface area contributed by atoms with E-state index in [0.717, 1.165) is 16.8 Å². The summed E-state index contributed by atoms with van der Waals surface area (Å²) in [5.74, 6) is 0. The zero-order valence-corrected chi connectivity index (χ0v) is 14.5. The molecule has 0 radical (unpaired) electrons. The molecule has 0 saturated heterocycles. The highest BCUT2D eigenvalue weighted by Gasteiger charge is 2.17. The Balaban J connectivity index is 2.19. The van der Waals surface area contributed by atoms with Crippen molar-refractivity contribution in [3.05, 3.63) is 59.7 Å². The quantitative estimate of drug-likeness (QED) is 0.803. The normalized spacial score (nSPS) is 14.9. The lowest BCUT2D eigenvalue weighted by atomic mass is 10.2. The molecule has 2 aromatic rings. The van der Waals surface area contributed by atoms with E-state index in [1.807, 2.05) is 38.1 Å². The standard InChI is InChI=1S/C16H19N3OS2/c1-12-6-7-15(11-18-12)13(2)22(3,20)19-16(21)9-14-5-4-8-17-10-14/h4-8,10-11,13H,9H2,1-3H3. The fourth-order valence-corrected chi connectivity index (χ4v) is 3.85. The Labute approximate surface area is 137 Å². The Kier molecular flexibility index (Phi) is 5.37. The van der Waals surface area contributed by atoms with E-state index in [2.05, 4.69) is 14.3 Å². The lowest BCUT2D eigenvalue weighted by Gasteiger charge is -2.14. The molecule has 22 heavy (non-hydrogen) atoms. The summed E-state index contributed by atoms with van der Waals surface area (Å²) in [4.78, 5) is 8.73. The molecule has 4 nitrogen and oxygen atoms in total. The average Bonchev–Trinajstić information content (AvgIpc) is 2.47. The summed E-state index contributed by atoms with van der Waals surface area (Å²) in [5.41, 5.74) is 2.81. The van der Waals surface area contributed by atoms with Crippen LogP contribution in [0.15, 0.2) is 47.2 Å². The molecule has 116 valence electrons. The van der Waals surface area contributed by atoms with E-state index in [-0.39, 0.29) is 5.25 Å². The van der Waals surface area contributed by atoms with E-state index in [1.54, 1.807) is 24.8 Å². The van der Waals surface area contributed by atoms with Crippen LogP contribution in [0.4, 0.5) is 0 Å². The van der Waals surface area contributed by atoms with E-state index in [4.69, 9.17) is 12.2 Å². The van der Waals surface area contributed by atoms with Crippen molar-refractivity contribution in [2.24, 2.45) is 4.36 Å². The van der Waals surface area contributed by atoms with E-state index in [1.165, 1.54) is 0 Å². The number of aryl methyl sites for hydroxylation is 1. The van der Waals surface area contributed by atoms with Gasteiger partial charge in [0.25, 0.3) is 0 Å². The molecule has 0 aliphatic heterocycles. The van der Waals surface area contributed by atoms with Gasteiger partial charge in [-0.05, 0) is 37.1 Å². The first kappa shape index (κ1) is 16.7. The third-order valence-electron chi connectivity index (χ3n) is 3.42. The lowest BCUT2D eigenvalue weighted by Crippen LogP contribution is -2.11. The summed E-state index contributed by atoms with van der Waals surface area (Å²) >= 11 is 5.28. The molecule has 0 aromatic carbocycles. The zero-order valence-electron chi connectivity index (χ0n) is 12.9. The van der Waals surface area contributed by atoms with E-state index >= 15 is 0 Å². The Morgan fingerprint density at radius 2 is 2.14 bits per heavy atom. The molecule has 0 saturated carbocycles. The van der Waals surface area contributed by atoms with Crippen molar-refractivity contribution in [2.45, 2.75) is 25.5 Å². The highest BCUT2D eigenvalue weighted by atomic mass is 32.2. The van der Waals surface area contributed by atoms with Crippen molar-refractivity contribution >= 4 is 26.9 Å². The van der Waals surface area contributed by atoms with Gasteiger partial charge in [-0.15, -0.1) is 0 Å². The van der Waals surface area contributed by atoms with Crippen LogP contribution in [0, 0.1) is 6.92 Å². The van der Waals surface area contributed by atoms with Crippen molar-refractivity contribution in [1.29, 1.82) is 0 Å².